The predicted octanol–water partition coefficient (Wildman–Crippen LogP) is 3.18. The van der Waals surface area contributed by atoms with Gasteiger partial charge in [0.2, 0.25) is 0 Å². The van der Waals surface area contributed by atoms with Gasteiger partial charge < -0.3 is 29.7 Å². The van der Waals surface area contributed by atoms with E-state index in [1.54, 1.807) is 21.3 Å². The number of nitrogens with zero attached hydrogens (tertiary/aromatic N) is 2. The van der Waals surface area contributed by atoms with Crippen LogP contribution in [0.5, 0.6) is 11.5 Å². The number of ether oxygens (including phenoxy) is 3. The zero-order chi connectivity index (χ0) is 22.1. The van der Waals surface area contributed by atoms with Crippen LogP contribution in [0.25, 0.3) is 0 Å². The molecule has 1 unspecified atom stereocenters. The minimum absolute atomic E-state index is 0.309. The molecule has 3 rings (SSSR count). The van der Waals surface area contributed by atoms with Gasteiger partial charge in [-0.15, -0.1) is 0 Å². The maximum absolute atomic E-state index is 5.42. The second-order valence-corrected chi connectivity index (χ2v) is 7.54. The fourth-order valence-electron chi connectivity index (χ4n) is 3.77. The summed E-state index contributed by atoms with van der Waals surface area (Å²) in [5, 5.41) is 6.97. The standard InChI is InChI=1S/C24H34N4O3/c1-5-25-24(26-15-18-8-6-7-9-19(18)17-29-2)27-20-10-11-28(16-20)21-12-22(30-3)14-23(13-21)31-4/h6-9,12-14,20H,5,10-11,15-17H2,1-4H3,(H2,25,26,27). The fourth-order valence-corrected chi connectivity index (χ4v) is 3.77. The molecule has 0 radical (unpaired) electrons. The van der Waals surface area contributed by atoms with E-state index < -0.39 is 0 Å². The lowest BCUT2D eigenvalue weighted by Gasteiger charge is -2.21. The Labute approximate surface area is 185 Å². The van der Waals surface area contributed by atoms with Crippen molar-refractivity contribution in [2.24, 2.45) is 4.99 Å². The molecule has 0 spiro atoms. The second-order valence-electron chi connectivity index (χ2n) is 7.54. The third kappa shape index (κ3) is 6.28. The summed E-state index contributed by atoms with van der Waals surface area (Å²) in [6.07, 6.45) is 1.03. The highest BCUT2D eigenvalue weighted by atomic mass is 16.5. The molecule has 7 heteroatoms. The molecule has 1 saturated heterocycles. The summed E-state index contributed by atoms with van der Waals surface area (Å²) >= 11 is 0. The average molecular weight is 427 g/mol. The van der Waals surface area contributed by atoms with Crippen molar-refractivity contribution in [3.05, 3.63) is 53.6 Å². The van der Waals surface area contributed by atoms with Gasteiger partial charge in [-0.3, -0.25) is 0 Å². The Hall–Kier alpha value is -2.93. The topological polar surface area (TPSA) is 67.4 Å². The quantitative estimate of drug-likeness (QED) is 0.474. The van der Waals surface area contributed by atoms with Crippen molar-refractivity contribution in [1.82, 2.24) is 10.6 Å². The number of anilines is 1. The van der Waals surface area contributed by atoms with Crippen LogP contribution < -0.4 is 25.0 Å². The third-order valence-electron chi connectivity index (χ3n) is 5.40. The van der Waals surface area contributed by atoms with E-state index >= 15 is 0 Å². The zero-order valence-corrected chi connectivity index (χ0v) is 19.0. The van der Waals surface area contributed by atoms with E-state index in [1.807, 2.05) is 18.2 Å². The molecule has 31 heavy (non-hydrogen) atoms. The highest BCUT2D eigenvalue weighted by Crippen LogP contribution is 2.30. The van der Waals surface area contributed by atoms with Gasteiger partial charge in [0, 0.05) is 56.7 Å². The lowest BCUT2D eigenvalue weighted by Crippen LogP contribution is -2.44. The summed E-state index contributed by atoms with van der Waals surface area (Å²) < 4.78 is 16.2. The Morgan fingerprint density at radius 3 is 2.42 bits per heavy atom. The molecule has 1 heterocycles. The molecule has 1 fully saturated rings. The summed E-state index contributed by atoms with van der Waals surface area (Å²) in [6, 6.07) is 14.6. The summed E-state index contributed by atoms with van der Waals surface area (Å²) in [5.74, 6) is 2.44. The lowest BCUT2D eigenvalue weighted by atomic mass is 10.1. The van der Waals surface area contributed by atoms with Crippen molar-refractivity contribution in [2.75, 3.05) is 45.9 Å². The summed E-state index contributed by atoms with van der Waals surface area (Å²) in [7, 11) is 5.07. The largest absolute Gasteiger partial charge is 0.497 e. The molecule has 0 aliphatic carbocycles. The minimum atomic E-state index is 0.309. The molecule has 168 valence electrons. The third-order valence-corrected chi connectivity index (χ3v) is 5.40. The van der Waals surface area contributed by atoms with Crippen molar-refractivity contribution in [1.29, 1.82) is 0 Å². The molecule has 2 aromatic carbocycles. The van der Waals surface area contributed by atoms with Crippen LogP contribution in [0.2, 0.25) is 0 Å². The maximum atomic E-state index is 5.42. The Bertz CT molecular complexity index is 849. The van der Waals surface area contributed by atoms with Crippen LogP contribution in [0.3, 0.4) is 0 Å². The molecule has 7 nitrogen and oxygen atoms in total. The van der Waals surface area contributed by atoms with Crippen molar-refractivity contribution < 1.29 is 14.2 Å². The van der Waals surface area contributed by atoms with E-state index in [1.165, 1.54) is 11.1 Å². The van der Waals surface area contributed by atoms with Gasteiger partial charge in [0.05, 0.1) is 27.4 Å². The van der Waals surface area contributed by atoms with Crippen LogP contribution in [-0.2, 0) is 17.9 Å². The SMILES string of the molecule is CCNC(=NCc1ccccc1COC)NC1CCN(c2cc(OC)cc(OC)c2)C1. The number of aliphatic imine (C=N–C) groups is 1. The molecule has 0 aromatic heterocycles. The van der Waals surface area contributed by atoms with Crippen LogP contribution in [0.4, 0.5) is 5.69 Å². The van der Waals surface area contributed by atoms with E-state index in [-0.39, 0.29) is 0 Å². The molecule has 2 N–H and O–H groups in total. The first-order valence-corrected chi connectivity index (χ1v) is 10.7. The van der Waals surface area contributed by atoms with Crippen molar-refractivity contribution in [2.45, 2.75) is 32.5 Å². The van der Waals surface area contributed by atoms with Crippen LogP contribution in [-0.4, -0.2) is 53.0 Å². The van der Waals surface area contributed by atoms with Gasteiger partial charge in [-0.2, -0.15) is 0 Å². The number of hydrogen-bond donors (Lipinski definition) is 2. The highest BCUT2D eigenvalue weighted by Gasteiger charge is 2.24. The van der Waals surface area contributed by atoms with Crippen LogP contribution in [0.1, 0.15) is 24.5 Å². The molecule has 1 atom stereocenters. The van der Waals surface area contributed by atoms with Gasteiger partial charge in [-0.1, -0.05) is 24.3 Å². The van der Waals surface area contributed by atoms with Crippen molar-refractivity contribution in [3.63, 3.8) is 0 Å². The summed E-state index contributed by atoms with van der Waals surface area (Å²) in [5.41, 5.74) is 3.46. The first-order chi connectivity index (χ1) is 15.2. The Morgan fingerprint density at radius 1 is 1.06 bits per heavy atom. The first kappa shape index (κ1) is 22.7. The van der Waals surface area contributed by atoms with E-state index in [9.17, 15) is 0 Å². The van der Waals surface area contributed by atoms with Crippen molar-refractivity contribution >= 4 is 11.6 Å². The number of hydrogen-bond acceptors (Lipinski definition) is 5. The number of methoxy groups -OCH3 is 3. The van der Waals surface area contributed by atoms with Gasteiger partial charge in [0.25, 0.3) is 0 Å². The first-order valence-electron chi connectivity index (χ1n) is 10.7. The van der Waals surface area contributed by atoms with Gasteiger partial charge >= 0.3 is 0 Å². The predicted molar refractivity (Wildman–Crippen MR) is 125 cm³/mol. The summed E-state index contributed by atoms with van der Waals surface area (Å²) in [6.45, 7) is 5.95. The number of nitrogens with one attached hydrogen (secondary N) is 2. The molecule has 0 saturated carbocycles. The number of guanidine groups is 1. The molecular formula is C24H34N4O3. The average Bonchev–Trinajstić information content (AvgIpc) is 3.27. The molecular weight excluding hydrogens is 392 g/mol. The Balaban J connectivity index is 1.66. The van der Waals surface area contributed by atoms with Crippen LogP contribution in [0, 0.1) is 0 Å². The minimum Gasteiger partial charge on any atom is -0.497 e. The van der Waals surface area contributed by atoms with E-state index in [4.69, 9.17) is 19.2 Å². The summed E-state index contributed by atoms with van der Waals surface area (Å²) in [4.78, 5) is 7.17. The number of rotatable bonds is 9. The van der Waals surface area contributed by atoms with Gasteiger partial charge in [-0.25, -0.2) is 4.99 Å². The molecule has 2 aromatic rings. The zero-order valence-electron chi connectivity index (χ0n) is 19.0. The molecule has 1 aliphatic heterocycles. The molecule has 0 bridgehead atoms. The molecule has 0 amide bonds. The second kappa shape index (κ2) is 11.5. The fraction of sp³-hybridized carbons (Fsp3) is 0.458. The Kier molecular flexibility index (Phi) is 8.41. The Morgan fingerprint density at radius 2 is 1.77 bits per heavy atom. The normalized spacial score (nSPS) is 16.3. The molecule has 1 aliphatic rings. The van der Waals surface area contributed by atoms with E-state index in [0.717, 1.165) is 49.2 Å². The van der Waals surface area contributed by atoms with Crippen LogP contribution >= 0.6 is 0 Å². The van der Waals surface area contributed by atoms with E-state index in [0.29, 0.717) is 19.2 Å². The highest BCUT2D eigenvalue weighted by molar-refractivity contribution is 5.80. The van der Waals surface area contributed by atoms with Gasteiger partial charge in [0.1, 0.15) is 11.5 Å². The van der Waals surface area contributed by atoms with Crippen molar-refractivity contribution in [3.8, 4) is 11.5 Å². The van der Waals surface area contributed by atoms with Gasteiger partial charge in [0.15, 0.2) is 5.96 Å². The number of benzene rings is 2. The van der Waals surface area contributed by atoms with E-state index in [2.05, 4.69) is 46.7 Å². The smallest absolute Gasteiger partial charge is 0.191 e. The van der Waals surface area contributed by atoms with Gasteiger partial charge in [-0.05, 0) is 24.5 Å². The van der Waals surface area contributed by atoms with Crippen LogP contribution in [0.15, 0.2) is 47.5 Å². The lowest BCUT2D eigenvalue weighted by molar-refractivity contribution is 0.184. The monoisotopic (exact) mass is 426 g/mol. The maximum Gasteiger partial charge on any atom is 0.191 e.